The molecule has 4 N–H and O–H groups in total. The van der Waals surface area contributed by atoms with Gasteiger partial charge in [0.05, 0.1) is 22.7 Å². The minimum atomic E-state index is 0.733. The number of nitrogens with two attached hydrogens (primary N) is 2. The SMILES string of the molecule is Nc1ccc(N=Nc2ccc(C=Cc3ccc(N=Nc4ccc(N)c5ccccc45)cc3)cc2)c2ccccc12. The summed E-state index contributed by atoms with van der Waals surface area (Å²) in [7, 11) is 0. The van der Waals surface area contributed by atoms with E-state index in [4.69, 9.17) is 11.5 Å². The van der Waals surface area contributed by atoms with Crippen LogP contribution in [-0.4, -0.2) is 0 Å². The number of hydrogen-bond acceptors (Lipinski definition) is 6. The van der Waals surface area contributed by atoms with E-state index in [9.17, 15) is 0 Å². The Balaban J connectivity index is 1.12. The van der Waals surface area contributed by atoms with Crippen LogP contribution in [0.25, 0.3) is 33.7 Å². The number of rotatable bonds is 6. The molecule has 6 heteroatoms. The number of azo groups is 2. The van der Waals surface area contributed by atoms with E-state index >= 15 is 0 Å². The minimum absolute atomic E-state index is 0.733. The summed E-state index contributed by atoms with van der Waals surface area (Å²) in [4.78, 5) is 0. The smallest absolute Gasteiger partial charge is 0.0936 e. The molecule has 0 radical (unpaired) electrons. The van der Waals surface area contributed by atoms with E-state index in [0.29, 0.717) is 0 Å². The van der Waals surface area contributed by atoms with Crippen molar-refractivity contribution in [2.24, 2.45) is 20.5 Å². The third kappa shape index (κ3) is 5.33. The predicted molar refractivity (Wildman–Crippen MR) is 167 cm³/mol. The molecule has 0 saturated carbocycles. The van der Waals surface area contributed by atoms with Gasteiger partial charge in [0.15, 0.2) is 0 Å². The lowest BCUT2D eigenvalue weighted by atomic mass is 10.1. The van der Waals surface area contributed by atoms with Gasteiger partial charge in [0.2, 0.25) is 0 Å². The molecule has 0 aromatic heterocycles. The van der Waals surface area contributed by atoms with Gasteiger partial charge in [0, 0.05) is 32.9 Å². The standard InChI is InChI=1S/C34H26N6/c35-31-19-21-33(29-7-3-1-5-27(29)31)39-37-25-15-11-23(12-16-25)9-10-24-13-17-26(18-14-24)38-40-34-22-20-32(36)28-6-2-4-8-30(28)34/h1-22H,35-36H2. The van der Waals surface area contributed by atoms with E-state index in [2.05, 4.69) is 32.6 Å². The van der Waals surface area contributed by atoms with Gasteiger partial charge in [0.1, 0.15) is 0 Å². The van der Waals surface area contributed by atoms with E-state index in [-0.39, 0.29) is 0 Å². The van der Waals surface area contributed by atoms with Crippen LogP contribution in [0.4, 0.5) is 34.1 Å². The first-order chi connectivity index (χ1) is 19.6. The van der Waals surface area contributed by atoms with Crippen LogP contribution >= 0.6 is 0 Å². The molecule has 6 rings (SSSR count). The largest absolute Gasteiger partial charge is 0.398 e. The van der Waals surface area contributed by atoms with Crippen molar-refractivity contribution in [3.63, 3.8) is 0 Å². The zero-order chi connectivity index (χ0) is 27.3. The summed E-state index contributed by atoms with van der Waals surface area (Å²) >= 11 is 0. The molecule has 40 heavy (non-hydrogen) atoms. The van der Waals surface area contributed by atoms with E-state index in [1.807, 2.05) is 121 Å². The lowest BCUT2D eigenvalue weighted by molar-refractivity contribution is 1.24. The molecule has 0 unspecified atom stereocenters. The maximum absolute atomic E-state index is 6.09. The molecule has 6 nitrogen and oxygen atoms in total. The predicted octanol–water partition coefficient (Wildman–Crippen LogP) is 10.2. The van der Waals surface area contributed by atoms with Crippen molar-refractivity contribution in [2.45, 2.75) is 0 Å². The van der Waals surface area contributed by atoms with Gasteiger partial charge >= 0.3 is 0 Å². The molecule has 0 aliphatic rings. The molecule has 0 spiro atoms. The summed E-state index contributed by atoms with van der Waals surface area (Å²) in [5.41, 5.74) is 18.9. The Labute approximate surface area is 232 Å². The summed E-state index contributed by atoms with van der Waals surface area (Å²) in [6.07, 6.45) is 4.12. The number of fused-ring (bicyclic) bond motifs is 2. The minimum Gasteiger partial charge on any atom is -0.398 e. The van der Waals surface area contributed by atoms with E-state index in [1.165, 1.54) is 0 Å². The van der Waals surface area contributed by atoms with Gasteiger partial charge < -0.3 is 11.5 Å². The second-order valence-electron chi connectivity index (χ2n) is 9.36. The molecule has 0 heterocycles. The Morgan fingerprint density at radius 1 is 0.375 bits per heavy atom. The quantitative estimate of drug-likeness (QED) is 0.130. The molecule has 6 aromatic rings. The van der Waals surface area contributed by atoms with Crippen LogP contribution in [0, 0.1) is 0 Å². The van der Waals surface area contributed by atoms with Gasteiger partial charge in [-0.3, -0.25) is 0 Å². The average Bonchev–Trinajstić information content (AvgIpc) is 3.01. The highest BCUT2D eigenvalue weighted by Gasteiger charge is 2.04. The van der Waals surface area contributed by atoms with Crippen molar-refractivity contribution in [3.05, 3.63) is 132 Å². The van der Waals surface area contributed by atoms with E-state index < -0.39 is 0 Å². The monoisotopic (exact) mass is 518 g/mol. The maximum atomic E-state index is 6.09. The van der Waals surface area contributed by atoms with Gasteiger partial charge in [-0.15, -0.1) is 10.2 Å². The average molecular weight is 519 g/mol. The van der Waals surface area contributed by atoms with Gasteiger partial charge in [-0.1, -0.05) is 84.9 Å². The van der Waals surface area contributed by atoms with Crippen molar-refractivity contribution in [1.29, 1.82) is 0 Å². The van der Waals surface area contributed by atoms with Gasteiger partial charge in [0.25, 0.3) is 0 Å². The Bertz CT molecular complexity index is 1760. The highest BCUT2D eigenvalue weighted by molar-refractivity contribution is 6.00. The van der Waals surface area contributed by atoms with Crippen molar-refractivity contribution in [2.75, 3.05) is 11.5 Å². The summed E-state index contributed by atoms with van der Waals surface area (Å²) in [6, 6.07) is 39.3. The Morgan fingerprint density at radius 2 is 0.750 bits per heavy atom. The molecule has 0 aliphatic carbocycles. The zero-order valence-corrected chi connectivity index (χ0v) is 21.6. The number of anilines is 2. The van der Waals surface area contributed by atoms with Crippen LogP contribution in [0.2, 0.25) is 0 Å². The van der Waals surface area contributed by atoms with E-state index in [1.54, 1.807) is 0 Å². The van der Waals surface area contributed by atoms with Gasteiger partial charge in [-0.25, -0.2) is 0 Å². The molecule has 0 amide bonds. The van der Waals surface area contributed by atoms with E-state index in [0.717, 1.165) is 66.8 Å². The van der Waals surface area contributed by atoms with Crippen LogP contribution in [0.3, 0.4) is 0 Å². The summed E-state index contributed by atoms with van der Waals surface area (Å²) in [5, 5.41) is 21.7. The highest BCUT2D eigenvalue weighted by atomic mass is 15.1. The van der Waals surface area contributed by atoms with Crippen LogP contribution < -0.4 is 11.5 Å². The molecule has 0 saturated heterocycles. The normalized spacial score (nSPS) is 11.9. The highest BCUT2D eigenvalue weighted by Crippen LogP contribution is 2.32. The number of nitrogen functional groups attached to an aromatic ring is 2. The number of nitrogens with zero attached hydrogens (tertiary/aromatic N) is 4. The van der Waals surface area contributed by atoms with Crippen molar-refractivity contribution < 1.29 is 0 Å². The third-order valence-electron chi connectivity index (χ3n) is 6.67. The summed E-state index contributed by atoms with van der Waals surface area (Å²) < 4.78 is 0. The fourth-order valence-corrected chi connectivity index (χ4v) is 4.51. The zero-order valence-electron chi connectivity index (χ0n) is 21.6. The maximum Gasteiger partial charge on any atom is 0.0936 e. The topological polar surface area (TPSA) is 101 Å². The number of benzene rings is 6. The second-order valence-corrected chi connectivity index (χ2v) is 9.36. The van der Waals surface area contributed by atoms with Crippen LogP contribution in [-0.2, 0) is 0 Å². The van der Waals surface area contributed by atoms with Crippen molar-refractivity contribution in [3.8, 4) is 0 Å². The first-order valence-electron chi connectivity index (χ1n) is 12.9. The number of hydrogen-bond donors (Lipinski definition) is 2. The Hall–Kier alpha value is -5.62. The summed E-state index contributed by atoms with van der Waals surface area (Å²) in [5.74, 6) is 0. The van der Waals surface area contributed by atoms with Gasteiger partial charge in [-0.2, -0.15) is 10.2 Å². The third-order valence-corrected chi connectivity index (χ3v) is 6.67. The first-order valence-corrected chi connectivity index (χ1v) is 12.9. The molecule has 0 bridgehead atoms. The Morgan fingerprint density at radius 3 is 1.15 bits per heavy atom. The fourth-order valence-electron chi connectivity index (χ4n) is 4.51. The van der Waals surface area contributed by atoms with Crippen molar-refractivity contribution in [1.82, 2.24) is 0 Å². The molecular weight excluding hydrogens is 492 g/mol. The van der Waals surface area contributed by atoms with Gasteiger partial charge in [-0.05, 0) is 59.7 Å². The lowest BCUT2D eigenvalue weighted by Crippen LogP contribution is -1.86. The van der Waals surface area contributed by atoms with Crippen LogP contribution in [0.15, 0.2) is 142 Å². The first kappa shape index (κ1) is 24.7. The lowest BCUT2D eigenvalue weighted by Gasteiger charge is -2.04. The van der Waals surface area contributed by atoms with Crippen LogP contribution in [0.5, 0.6) is 0 Å². The molecule has 0 aliphatic heterocycles. The molecule has 6 aromatic carbocycles. The summed E-state index contributed by atoms with van der Waals surface area (Å²) in [6.45, 7) is 0. The Kier molecular flexibility index (Phi) is 6.80. The molecular formula is C34H26N6. The fraction of sp³-hybridized carbons (Fsp3) is 0. The molecule has 192 valence electrons. The van der Waals surface area contributed by atoms with Crippen LogP contribution in [0.1, 0.15) is 11.1 Å². The second kappa shape index (κ2) is 11.0. The van der Waals surface area contributed by atoms with Crippen molar-refractivity contribution >= 4 is 67.8 Å². The molecule has 0 fully saturated rings. The molecule has 0 atom stereocenters.